The van der Waals surface area contributed by atoms with Gasteiger partial charge in [-0.2, -0.15) is 0 Å². The van der Waals surface area contributed by atoms with Crippen molar-refractivity contribution < 1.29 is 9.53 Å². The number of alkyl carbamates (subject to hydrolysis) is 1. The summed E-state index contributed by atoms with van der Waals surface area (Å²) >= 11 is 6.94. The number of thiophene rings is 1. The van der Waals surface area contributed by atoms with Crippen LogP contribution in [0.3, 0.4) is 0 Å². The van der Waals surface area contributed by atoms with E-state index in [9.17, 15) is 4.79 Å². The molecule has 0 unspecified atom stereocenters. The van der Waals surface area contributed by atoms with E-state index in [1.54, 1.807) is 18.3 Å². The first kappa shape index (κ1) is 16.7. The Labute approximate surface area is 139 Å². The molecule has 22 heavy (non-hydrogen) atoms. The van der Waals surface area contributed by atoms with Gasteiger partial charge in [0.1, 0.15) is 0 Å². The Morgan fingerprint density at radius 2 is 2.14 bits per heavy atom. The molecule has 0 aliphatic heterocycles. The van der Waals surface area contributed by atoms with Crippen LogP contribution in [0.4, 0.5) is 4.79 Å². The molecule has 0 saturated carbocycles. The zero-order valence-corrected chi connectivity index (χ0v) is 14.6. The second kappa shape index (κ2) is 7.07. The first-order valence-corrected chi connectivity index (χ1v) is 8.51. The number of amides is 1. The molecule has 6 heteroatoms. The van der Waals surface area contributed by atoms with Crippen LogP contribution >= 0.6 is 23.6 Å². The minimum atomic E-state index is -0.535. The number of ether oxygens (including phenoxy) is 1. The van der Waals surface area contributed by atoms with Crippen molar-refractivity contribution in [2.24, 2.45) is 0 Å². The maximum atomic E-state index is 11.4. The molecular formula is C16H20N2O2S2. The first-order chi connectivity index (χ1) is 10.5. The smallest absolute Gasteiger partial charge is 0.413 e. The molecule has 1 aromatic heterocycles. The van der Waals surface area contributed by atoms with Crippen molar-refractivity contribution in [1.82, 2.24) is 10.6 Å². The number of nitrogens with one attached hydrogen (secondary N) is 2. The number of fused-ring (bicyclic) bond motifs is 1. The van der Waals surface area contributed by atoms with Crippen molar-refractivity contribution in [3.8, 4) is 0 Å². The molecule has 2 N–H and O–H groups in total. The van der Waals surface area contributed by atoms with Crippen LogP contribution in [0.5, 0.6) is 0 Å². The first-order valence-electron chi connectivity index (χ1n) is 7.22. The maximum Gasteiger partial charge on any atom is 0.413 e. The van der Waals surface area contributed by atoms with Crippen LogP contribution in [0.15, 0.2) is 29.6 Å². The van der Waals surface area contributed by atoms with E-state index in [4.69, 9.17) is 17.0 Å². The van der Waals surface area contributed by atoms with Gasteiger partial charge in [0.25, 0.3) is 0 Å². The summed E-state index contributed by atoms with van der Waals surface area (Å²) < 4.78 is 6.10. The van der Waals surface area contributed by atoms with Crippen molar-refractivity contribution in [3.05, 3.63) is 35.2 Å². The third-order valence-corrected chi connectivity index (χ3v) is 4.78. The van der Waals surface area contributed by atoms with E-state index in [0.717, 1.165) is 12.0 Å². The fraction of sp³-hybridized carbons (Fsp3) is 0.375. The molecule has 0 aliphatic carbocycles. The Kier molecular flexibility index (Phi) is 5.37. The second-order valence-electron chi connectivity index (χ2n) is 5.16. The zero-order valence-electron chi connectivity index (χ0n) is 12.9. The minimum absolute atomic E-state index is 0.271. The standard InChI is InChI=1S/C16H20N2O2S2/c1-4-16(3,18-14(21)17-15(19)20-5-2)12-6-7-13-11(10-12)8-9-22-13/h6-10H,4-5H2,1-3H3,(H2,17,18,19,21)/t16-/m0/s1. The third kappa shape index (κ3) is 3.75. The number of thiocarbonyl (C=S) groups is 1. The highest BCUT2D eigenvalue weighted by Gasteiger charge is 2.26. The van der Waals surface area contributed by atoms with Crippen LogP contribution in [0.2, 0.25) is 0 Å². The summed E-state index contributed by atoms with van der Waals surface area (Å²) in [5.74, 6) is 0. The van der Waals surface area contributed by atoms with Crippen LogP contribution in [0.1, 0.15) is 32.8 Å². The molecule has 0 saturated heterocycles. The quantitative estimate of drug-likeness (QED) is 0.824. The molecule has 1 atom stereocenters. The molecule has 2 aromatic rings. The normalized spacial score (nSPS) is 13.4. The van der Waals surface area contributed by atoms with Crippen LogP contribution in [-0.4, -0.2) is 17.8 Å². The lowest BCUT2D eigenvalue weighted by Crippen LogP contribution is -2.49. The number of rotatable bonds is 4. The average molecular weight is 336 g/mol. The molecule has 0 bridgehead atoms. The van der Waals surface area contributed by atoms with Gasteiger partial charge in [-0.25, -0.2) is 4.79 Å². The summed E-state index contributed by atoms with van der Waals surface area (Å²) in [6, 6.07) is 8.49. The van der Waals surface area contributed by atoms with Crippen molar-refractivity contribution in [1.29, 1.82) is 0 Å². The SMILES string of the molecule is CCOC(=O)NC(=S)N[C@@](C)(CC)c1ccc2sccc2c1. The summed E-state index contributed by atoms with van der Waals surface area (Å²) in [5, 5.41) is 9.33. The Morgan fingerprint density at radius 3 is 2.82 bits per heavy atom. The van der Waals surface area contributed by atoms with Gasteiger partial charge in [-0.3, -0.25) is 5.32 Å². The Hall–Kier alpha value is -1.66. The number of carbonyl (C=O) groups is 1. The van der Waals surface area contributed by atoms with Crippen LogP contribution in [0.25, 0.3) is 10.1 Å². The van der Waals surface area contributed by atoms with Gasteiger partial charge < -0.3 is 10.1 Å². The molecule has 0 spiro atoms. The fourth-order valence-electron chi connectivity index (χ4n) is 2.22. The lowest BCUT2D eigenvalue weighted by Gasteiger charge is -2.31. The highest BCUT2D eigenvalue weighted by Crippen LogP contribution is 2.29. The summed E-state index contributed by atoms with van der Waals surface area (Å²) in [6.07, 6.45) is 0.291. The molecule has 1 aromatic carbocycles. The van der Waals surface area contributed by atoms with Crippen molar-refractivity contribution >= 4 is 44.8 Å². The lowest BCUT2D eigenvalue weighted by molar-refractivity contribution is 0.157. The van der Waals surface area contributed by atoms with Gasteiger partial charge in [0.2, 0.25) is 0 Å². The molecule has 1 heterocycles. The van der Waals surface area contributed by atoms with Gasteiger partial charge >= 0.3 is 6.09 Å². The summed E-state index contributed by atoms with van der Waals surface area (Å²) in [7, 11) is 0. The van der Waals surface area contributed by atoms with E-state index in [1.165, 1.54) is 10.1 Å². The molecule has 0 radical (unpaired) electrons. The highest BCUT2D eigenvalue weighted by atomic mass is 32.1. The minimum Gasteiger partial charge on any atom is -0.450 e. The Bertz CT molecular complexity index is 684. The van der Waals surface area contributed by atoms with Crippen molar-refractivity contribution in [2.75, 3.05) is 6.61 Å². The highest BCUT2D eigenvalue weighted by molar-refractivity contribution is 7.80. The number of carbonyl (C=O) groups excluding carboxylic acids is 1. The summed E-state index contributed by atoms with van der Waals surface area (Å²) in [4.78, 5) is 11.4. The lowest BCUT2D eigenvalue weighted by atomic mass is 9.89. The van der Waals surface area contributed by atoms with E-state index in [-0.39, 0.29) is 10.7 Å². The molecular weight excluding hydrogens is 316 g/mol. The van der Waals surface area contributed by atoms with Gasteiger partial charge in [0, 0.05) is 4.70 Å². The number of hydrogen-bond acceptors (Lipinski definition) is 4. The molecule has 0 fully saturated rings. The maximum absolute atomic E-state index is 11.4. The fourth-order valence-corrected chi connectivity index (χ4v) is 3.30. The van der Waals surface area contributed by atoms with Gasteiger partial charge in [0.15, 0.2) is 5.11 Å². The van der Waals surface area contributed by atoms with Crippen LogP contribution in [-0.2, 0) is 10.3 Å². The van der Waals surface area contributed by atoms with Crippen LogP contribution in [0, 0.1) is 0 Å². The molecule has 0 aliphatic rings. The van der Waals surface area contributed by atoms with E-state index >= 15 is 0 Å². The molecule has 2 rings (SSSR count). The van der Waals surface area contributed by atoms with Crippen LogP contribution < -0.4 is 10.6 Å². The predicted molar refractivity (Wildman–Crippen MR) is 95.4 cm³/mol. The van der Waals surface area contributed by atoms with E-state index in [1.807, 2.05) is 0 Å². The monoisotopic (exact) mass is 336 g/mol. The molecule has 118 valence electrons. The topological polar surface area (TPSA) is 50.4 Å². The van der Waals surface area contributed by atoms with Gasteiger partial charge in [0.05, 0.1) is 12.1 Å². The largest absolute Gasteiger partial charge is 0.450 e. The van der Waals surface area contributed by atoms with Crippen molar-refractivity contribution in [3.63, 3.8) is 0 Å². The summed E-state index contributed by atoms with van der Waals surface area (Å²) in [6.45, 7) is 6.22. The van der Waals surface area contributed by atoms with E-state index < -0.39 is 6.09 Å². The van der Waals surface area contributed by atoms with E-state index in [2.05, 4.69) is 54.1 Å². The Balaban J connectivity index is 2.16. The zero-order chi connectivity index (χ0) is 16.2. The van der Waals surface area contributed by atoms with Crippen molar-refractivity contribution in [2.45, 2.75) is 32.7 Å². The van der Waals surface area contributed by atoms with Gasteiger partial charge in [-0.15, -0.1) is 11.3 Å². The Morgan fingerprint density at radius 1 is 1.36 bits per heavy atom. The number of hydrogen-bond donors (Lipinski definition) is 2. The van der Waals surface area contributed by atoms with E-state index in [0.29, 0.717) is 6.61 Å². The predicted octanol–water partition coefficient (Wildman–Crippen LogP) is 4.15. The number of benzene rings is 1. The molecule has 4 nitrogen and oxygen atoms in total. The second-order valence-corrected chi connectivity index (χ2v) is 6.51. The summed E-state index contributed by atoms with van der Waals surface area (Å²) in [5.41, 5.74) is 0.779. The van der Waals surface area contributed by atoms with Gasteiger partial charge in [-0.05, 0) is 67.0 Å². The third-order valence-electron chi connectivity index (χ3n) is 3.68. The average Bonchev–Trinajstić information content (AvgIpc) is 2.94. The molecule has 1 amide bonds. The van der Waals surface area contributed by atoms with Gasteiger partial charge in [-0.1, -0.05) is 13.0 Å².